The van der Waals surface area contributed by atoms with Gasteiger partial charge in [-0.15, -0.1) is 0 Å². The Labute approximate surface area is 120 Å². The van der Waals surface area contributed by atoms with Gasteiger partial charge >= 0.3 is 5.97 Å². The lowest BCUT2D eigenvalue weighted by Gasteiger charge is -2.08. The quantitative estimate of drug-likeness (QED) is 0.555. The van der Waals surface area contributed by atoms with Crippen molar-refractivity contribution in [3.05, 3.63) is 11.5 Å². The first-order valence-corrected chi connectivity index (χ1v) is 7.19. The summed E-state index contributed by atoms with van der Waals surface area (Å²) in [6.07, 6.45) is 3.06. The summed E-state index contributed by atoms with van der Waals surface area (Å²) in [5, 5.41) is 0. The predicted octanol–water partition coefficient (Wildman–Crippen LogP) is 2.16. The van der Waals surface area contributed by atoms with Gasteiger partial charge in [0, 0.05) is 19.8 Å². The zero-order chi connectivity index (χ0) is 15.0. The van der Waals surface area contributed by atoms with Gasteiger partial charge in [-0.25, -0.2) is 9.78 Å². The van der Waals surface area contributed by atoms with Crippen LogP contribution in [0.3, 0.4) is 0 Å². The zero-order valence-electron chi connectivity index (χ0n) is 12.6. The van der Waals surface area contributed by atoms with Crippen LogP contribution in [-0.4, -0.2) is 35.3 Å². The normalized spacial score (nSPS) is 10.8. The number of hydrogen-bond donors (Lipinski definition) is 1. The third-order valence-corrected chi connectivity index (χ3v) is 2.98. The molecule has 0 saturated heterocycles. The van der Waals surface area contributed by atoms with Crippen LogP contribution in [0.15, 0.2) is 0 Å². The van der Waals surface area contributed by atoms with E-state index in [4.69, 9.17) is 15.2 Å². The molecule has 0 aliphatic carbocycles. The van der Waals surface area contributed by atoms with Gasteiger partial charge in [-0.2, -0.15) is 0 Å². The number of nitrogens with two attached hydrogens (primary N) is 1. The number of nitrogen functional groups attached to an aromatic ring is 1. The van der Waals surface area contributed by atoms with Crippen LogP contribution in [0.2, 0.25) is 0 Å². The van der Waals surface area contributed by atoms with Crippen molar-refractivity contribution >= 4 is 11.8 Å². The molecule has 0 amide bonds. The number of esters is 1. The van der Waals surface area contributed by atoms with Crippen LogP contribution in [0.5, 0.6) is 0 Å². The summed E-state index contributed by atoms with van der Waals surface area (Å²) < 4.78 is 12.3. The highest BCUT2D eigenvalue weighted by atomic mass is 16.5. The number of imidazole rings is 1. The summed E-state index contributed by atoms with van der Waals surface area (Å²) in [7, 11) is 0. The van der Waals surface area contributed by atoms with Gasteiger partial charge in [-0.3, -0.25) is 0 Å². The number of ether oxygens (including phenoxy) is 2. The molecule has 0 unspecified atom stereocenters. The lowest BCUT2D eigenvalue weighted by molar-refractivity contribution is 0.0521. The zero-order valence-corrected chi connectivity index (χ0v) is 12.6. The second kappa shape index (κ2) is 8.58. The summed E-state index contributed by atoms with van der Waals surface area (Å²) in [4.78, 5) is 15.9. The van der Waals surface area contributed by atoms with Gasteiger partial charge in [0.1, 0.15) is 11.6 Å². The maximum absolute atomic E-state index is 11.7. The van der Waals surface area contributed by atoms with E-state index in [0.29, 0.717) is 25.6 Å². The van der Waals surface area contributed by atoms with Crippen LogP contribution < -0.4 is 5.73 Å². The smallest absolute Gasteiger partial charge is 0.360 e. The Balaban J connectivity index is 2.52. The molecule has 0 aliphatic heterocycles. The molecular weight excluding hydrogens is 258 g/mol. The lowest BCUT2D eigenvalue weighted by atomic mass is 10.3. The maximum Gasteiger partial charge on any atom is 0.360 e. The number of unbranched alkanes of at least 4 members (excludes halogenated alkanes) is 1. The molecule has 0 aliphatic rings. The fourth-order valence-corrected chi connectivity index (χ4v) is 1.89. The fourth-order valence-electron chi connectivity index (χ4n) is 1.89. The molecule has 0 spiro atoms. The van der Waals surface area contributed by atoms with Crippen LogP contribution in [0.4, 0.5) is 5.82 Å². The van der Waals surface area contributed by atoms with Gasteiger partial charge in [0.15, 0.2) is 5.69 Å². The van der Waals surface area contributed by atoms with E-state index in [1.165, 1.54) is 0 Å². The number of aromatic nitrogens is 2. The van der Waals surface area contributed by atoms with Gasteiger partial charge in [0.2, 0.25) is 0 Å². The third kappa shape index (κ3) is 4.52. The van der Waals surface area contributed by atoms with E-state index in [0.717, 1.165) is 31.7 Å². The van der Waals surface area contributed by atoms with Crippen molar-refractivity contribution in [1.82, 2.24) is 9.55 Å². The maximum atomic E-state index is 11.7. The fraction of sp³-hybridized carbons (Fsp3) is 0.714. The van der Waals surface area contributed by atoms with Crippen LogP contribution in [-0.2, 0) is 16.0 Å². The van der Waals surface area contributed by atoms with Gasteiger partial charge < -0.3 is 19.8 Å². The summed E-state index contributed by atoms with van der Waals surface area (Å²) in [6, 6.07) is 0. The second-order valence-corrected chi connectivity index (χ2v) is 4.58. The number of hydrogen-bond acceptors (Lipinski definition) is 5. The molecule has 1 rings (SSSR count). The summed E-state index contributed by atoms with van der Waals surface area (Å²) in [5.41, 5.74) is 6.16. The highest BCUT2D eigenvalue weighted by Gasteiger charge is 2.19. The van der Waals surface area contributed by atoms with Crippen LogP contribution in [0.25, 0.3) is 0 Å². The van der Waals surface area contributed by atoms with Crippen molar-refractivity contribution in [2.45, 2.75) is 46.6 Å². The number of anilines is 1. The molecule has 0 radical (unpaired) electrons. The number of carbonyl (C=O) groups is 1. The lowest BCUT2D eigenvalue weighted by Crippen LogP contribution is -2.11. The van der Waals surface area contributed by atoms with Gasteiger partial charge in [0.25, 0.3) is 0 Å². The second-order valence-electron chi connectivity index (χ2n) is 4.58. The van der Waals surface area contributed by atoms with Crippen LogP contribution in [0, 0.1) is 6.92 Å². The Morgan fingerprint density at radius 3 is 2.65 bits per heavy atom. The molecular formula is C14H25N3O3. The minimum absolute atomic E-state index is 0.205. The van der Waals surface area contributed by atoms with Crippen molar-refractivity contribution in [2.75, 3.05) is 25.6 Å². The van der Waals surface area contributed by atoms with E-state index in [2.05, 4.69) is 11.9 Å². The first kappa shape index (κ1) is 16.5. The largest absolute Gasteiger partial charge is 0.461 e. The molecule has 6 heteroatoms. The van der Waals surface area contributed by atoms with Gasteiger partial charge in [0.05, 0.1) is 6.61 Å². The topological polar surface area (TPSA) is 79.4 Å². The Hall–Kier alpha value is -1.56. The van der Waals surface area contributed by atoms with E-state index in [-0.39, 0.29) is 5.69 Å². The number of aryl methyl sites for hydroxylation is 1. The van der Waals surface area contributed by atoms with Crippen molar-refractivity contribution in [3.8, 4) is 0 Å². The molecule has 1 aromatic heterocycles. The molecule has 1 heterocycles. The van der Waals surface area contributed by atoms with E-state index in [1.54, 1.807) is 6.92 Å². The van der Waals surface area contributed by atoms with E-state index < -0.39 is 5.97 Å². The Kier molecular flexibility index (Phi) is 7.08. The first-order valence-electron chi connectivity index (χ1n) is 7.19. The highest BCUT2D eigenvalue weighted by Crippen LogP contribution is 2.15. The van der Waals surface area contributed by atoms with Crippen LogP contribution >= 0.6 is 0 Å². The van der Waals surface area contributed by atoms with E-state index in [9.17, 15) is 4.79 Å². The monoisotopic (exact) mass is 283 g/mol. The van der Waals surface area contributed by atoms with E-state index >= 15 is 0 Å². The minimum Gasteiger partial charge on any atom is -0.461 e. The predicted molar refractivity (Wildman–Crippen MR) is 77.7 cm³/mol. The molecule has 20 heavy (non-hydrogen) atoms. The molecule has 2 N–H and O–H groups in total. The molecule has 0 atom stereocenters. The summed E-state index contributed by atoms with van der Waals surface area (Å²) in [6.45, 7) is 8.21. The molecule has 0 aromatic carbocycles. The Morgan fingerprint density at radius 1 is 1.30 bits per heavy atom. The molecule has 0 bridgehead atoms. The minimum atomic E-state index is -0.467. The summed E-state index contributed by atoms with van der Waals surface area (Å²) in [5.74, 6) is 0.625. The van der Waals surface area contributed by atoms with Crippen molar-refractivity contribution in [2.24, 2.45) is 0 Å². The highest BCUT2D eigenvalue weighted by molar-refractivity contribution is 5.92. The van der Waals surface area contributed by atoms with Crippen LogP contribution in [0.1, 0.15) is 49.4 Å². The molecule has 0 saturated carbocycles. The number of nitrogens with zero attached hydrogens (tertiary/aromatic N) is 2. The SMILES string of the molecule is CCCCOCCCn1c(C)nc(C(=O)OCC)c1N. The number of rotatable bonds is 9. The molecule has 6 nitrogen and oxygen atoms in total. The molecule has 0 fully saturated rings. The third-order valence-electron chi connectivity index (χ3n) is 2.98. The Morgan fingerprint density at radius 2 is 2.00 bits per heavy atom. The first-order chi connectivity index (χ1) is 9.61. The molecule has 114 valence electrons. The van der Waals surface area contributed by atoms with E-state index in [1.807, 2.05) is 11.5 Å². The van der Waals surface area contributed by atoms with Crippen molar-refractivity contribution in [1.29, 1.82) is 0 Å². The average Bonchev–Trinajstić information content (AvgIpc) is 2.70. The van der Waals surface area contributed by atoms with Crippen molar-refractivity contribution in [3.63, 3.8) is 0 Å². The Bertz CT molecular complexity index is 430. The average molecular weight is 283 g/mol. The van der Waals surface area contributed by atoms with Gasteiger partial charge in [-0.1, -0.05) is 13.3 Å². The standard InChI is InChI=1S/C14H25N3O3/c1-4-6-9-19-10-7-8-17-11(3)16-12(13(17)15)14(18)20-5-2/h4-10,15H2,1-3H3. The van der Waals surface area contributed by atoms with Crippen molar-refractivity contribution < 1.29 is 14.3 Å². The number of carbonyl (C=O) groups excluding carboxylic acids is 1. The summed E-state index contributed by atoms with van der Waals surface area (Å²) >= 11 is 0. The van der Waals surface area contributed by atoms with Gasteiger partial charge in [-0.05, 0) is 26.7 Å². The molecule has 1 aromatic rings.